The van der Waals surface area contributed by atoms with E-state index in [0.29, 0.717) is 11.7 Å². The molecule has 0 radical (unpaired) electrons. The molecule has 126 valence electrons. The molecule has 3 rings (SSSR count). The third kappa shape index (κ3) is 4.60. The van der Waals surface area contributed by atoms with Crippen molar-refractivity contribution in [3.8, 4) is 0 Å². The monoisotopic (exact) mass is 315 g/mol. The van der Waals surface area contributed by atoms with Gasteiger partial charge >= 0.3 is 0 Å². The third-order valence-electron chi connectivity index (χ3n) is 4.95. The molecule has 2 aliphatic carbocycles. The molecule has 0 unspecified atom stereocenters. The summed E-state index contributed by atoms with van der Waals surface area (Å²) in [5, 5.41) is 6.88. The van der Waals surface area contributed by atoms with E-state index in [-0.39, 0.29) is 0 Å². The highest BCUT2D eigenvalue weighted by atomic mass is 15.1. The molecule has 2 aliphatic rings. The third-order valence-corrected chi connectivity index (χ3v) is 4.95. The van der Waals surface area contributed by atoms with Gasteiger partial charge in [-0.25, -0.2) is 9.97 Å². The van der Waals surface area contributed by atoms with Gasteiger partial charge in [-0.1, -0.05) is 30.9 Å². The fourth-order valence-corrected chi connectivity index (χ4v) is 3.56. The van der Waals surface area contributed by atoms with Gasteiger partial charge in [-0.15, -0.1) is 0 Å². The number of anilines is 3. The Balaban J connectivity index is 1.54. The van der Waals surface area contributed by atoms with Crippen LogP contribution in [0.15, 0.2) is 18.0 Å². The standard InChI is InChI=1S/C18H29N5/c19-16-17(20-12-11-14-7-3-1-4-8-14)21-13-22-18(16)23-15-9-5-2-6-10-15/h7,13,15H,1-6,8-12,19H2,(H2,20,21,22,23). The number of rotatable bonds is 6. The van der Waals surface area contributed by atoms with Crippen LogP contribution >= 0.6 is 0 Å². The maximum atomic E-state index is 6.26. The lowest BCUT2D eigenvalue weighted by molar-refractivity contribution is 0.462. The summed E-state index contributed by atoms with van der Waals surface area (Å²) in [6.45, 7) is 0.885. The van der Waals surface area contributed by atoms with E-state index < -0.39 is 0 Å². The van der Waals surface area contributed by atoms with Crippen LogP contribution in [-0.4, -0.2) is 22.6 Å². The van der Waals surface area contributed by atoms with Crippen molar-refractivity contribution in [1.82, 2.24) is 9.97 Å². The van der Waals surface area contributed by atoms with Crippen molar-refractivity contribution in [3.05, 3.63) is 18.0 Å². The number of hydrogen-bond acceptors (Lipinski definition) is 5. The second kappa shape index (κ2) is 8.18. The lowest BCUT2D eigenvalue weighted by Gasteiger charge is -2.24. The first-order chi connectivity index (χ1) is 11.3. The summed E-state index contributed by atoms with van der Waals surface area (Å²) < 4.78 is 0. The van der Waals surface area contributed by atoms with Crippen LogP contribution in [0.3, 0.4) is 0 Å². The quantitative estimate of drug-likeness (QED) is 0.689. The van der Waals surface area contributed by atoms with Crippen LogP contribution in [-0.2, 0) is 0 Å². The second-order valence-electron chi connectivity index (χ2n) is 6.75. The van der Waals surface area contributed by atoms with Gasteiger partial charge in [0.25, 0.3) is 0 Å². The van der Waals surface area contributed by atoms with Gasteiger partial charge in [0, 0.05) is 12.6 Å². The number of hydrogen-bond donors (Lipinski definition) is 3. The summed E-state index contributed by atoms with van der Waals surface area (Å²) in [6, 6.07) is 0.501. The molecule has 1 heterocycles. The number of nitrogens with zero attached hydrogens (tertiary/aromatic N) is 2. The Morgan fingerprint density at radius 2 is 1.87 bits per heavy atom. The number of allylic oxidation sites excluding steroid dienone is 1. The SMILES string of the molecule is Nc1c(NCCC2=CCCCC2)ncnc1NC1CCCCC1. The Morgan fingerprint density at radius 3 is 2.65 bits per heavy atom. The van der Waals surface area contributed by atoms with Gasteiger partial charge in [-0.05, 0) is 44.9 Å². The van der Waals surface area contributed by atoms with E-state index >= 15 is 0 Å². The van der Waals surface area contributed by atoms with E-state index in [1.165, 1.54) is 57.8 Å². The molecule has 0 amide bonds. The molecule has 0 atom stereocenters. The molecule has 1 fully saturated rings. The number of nitrogens with two attached hydrogens (primary N) is 1. The summed E-state index contributed by atoms with van der Waals surface area (Å²) >= 11 is 0. The molecule has 1 aromatic heterocycles. The van der Waals surface area contributed by atoms with Crippen molar-refractivity contribution in [2.24, 2.45) is 0 Å². The molecular formula is C18H29N5. The van der Waals surface area contributed by atoms with Crippen molar-refractivity contribution in [2.75, 3.05) is 22.9 Å². The maximum Gasteiger partial charge on any atom is 0.155 e. The van der Waals surface area contributed by atoms with Crippen molar-refractivity contribution >= 4 is 17.3 Å². The maximum absolute atomic E-state index is 6.26. The van der Waals surface area contributed by atoms with Crippen molar-refractivity contribution in [1.29, 1.82) is 0 Å². The highest BCUT2D eigenvalue weighted by Crippen LogP contribution is 2.27. The molecule has 0 spiro atoms. The van der Waals surface area contributed by atoms with Crippen LogP contribution < -0.4 is 16.4 Å². The predicted octanol–water partition coefficient (Wildman–Crippen LogP) is 4.11. The summed E-state index contributed by atoms with van der Waals surface area (Å²) in [6.07, 6.45) is 16.6. The smallest absolute Gasteiger partial charge is 0.155 e. The Kier molecular flexibility index (Phi) is 5.72. The fourth-order valence-electron chi connectivity index (χ4n) is 3.56. The fraction of sp³-hybridized carbons (Fsp3) is 0.667. The van der Waals surface area contributed by atoms with E-state index in [0.717, 1.165) is 24.6 Å². The summed E-state index contributed by atoms with van der Waals surface area (Å²) in [4.78, 5) is 8.64. The molecule has 5 nitrogen and oxygen atoms in total. The average Bonchev–Trinajstić information content (AvgIpc) is 2.60. The molecule has 0 aromatic carbocycles. The van der Waals surface area contributed by atoms with Crippen molar-refractivity contribution in [2.45, 2.75) is 70.3 Å². The van der Waals surface area contributed by atoms with Gasteiger partial charge in [0.05, 0.1) is 0 Å². The minimum atomic E-state index is 0.501. The highest BCUT2D eigenvalue weighted by molar-refractivity contribution is 5.74. The van der Waals surface area contributed by atoms with E-state index in [9.17, 15) is 0 Å². The van der Waals surface area contributed by atoms with Gasteiger partial charge in [-0.2, -0.15) is 0 Å². The van der Waals surface area contributed by atoms with E-state index in [4.69, 9.17) is 5.73 Å². The minimum absolute atomic E-state index is 0.501. The molecule has 1 saturated carbocycles. The highest BCUT2D eigenvalue weighted by Gasteiger charge is 2.16. The summed E-state index contributed by atoms with van der Waals surface area (Å²) in [7, 11) is 0. The molecule has 4 N–H and O–H groups in total. The zero-order valence-electron chi connectivity index (χ0n) is 14.0. The minimum Gasteiger partial charge on any atom is -0.393 e. The van der Waals surface area contributed by atoms with Gasteiger partial charge in [0.1, 0.15) is 12.0 Å². The average molecular weight is 315 g/mol. The van der Waals surface area contributed by atoms with Crippen LogP contribution in [0.2, 0.25) is 0 Å². The summed E-state index contributed by atoms with van der Waals surface area (Å²) in [5.41, 5.74) is 8.47. The van der Waals surface area contributed by atoms with Crippen LogP contribution in [0.25, 0.3) is 0 Å². The molecule has 1 aromatic rings. The van der Waals surface area contributed by atoms with Gasteiger partial charge in [0.2, 0.25) is 0 Å². The van der Waals surface area contributed by atoms with Gasteiger partial charge in [0.15, 0.2) is 11.6 Å². The number of aromatic nitrogens is 2. The topological polar surface area (TPSA) is 75.9 Å². The van der Waals surface area contributed by atoms with Gasteiger partial charge < -0.3 is 16.4 Å². The first-order valence-corrected chi connectivity index (χ1v) is 9.12. The largest absolute Gasteiger partial charge is 0.393 e. The Bertz CT molecular complexity index is 534. The van der Waals surface area contributed by atoms with Crippen LogP contribution in [0.4, 0.5) is 17.3 Å². The zero-order valence-corrected chi connectivity index (χ0v) is 14.0. The predicted molar refractivity (Wildman–Crippen MR) is 96.6 cm³/mol. The lowest BCUT2D eigenvalue weighted by atomic mass is 9.95. The molecule has 23 heavy (non-hydrogen) atoms. The zero-order chi connectivity index (χ0) is 15.9. The van der Waals surface area contributed by atoms with E-state index in [1.807, 2.05) is 0 Å². The Hall–Kier alpha value is -1.78. The van der Waals surface area contributed by atoms with E-state index in [1.54, 1.807) is 11.9 Å². The van der Waals surface area contributed by atoms with Crippen LogP contribution in [0.1, 0.15) is 64.2 Å². The second-order valence-corrected chi connectivity index (χ2v) is 6.75. The molecule has 5 heteroatoms. The molecule has 0 aliphatic heterocycles. The molecule has 0 saturated heterocycles. The van der Waals surface area contributed by atoms with Crippen molar-refractivity contribution < 1.29 is 0 Å². The molecule has 0 bridgehead atoms. The van der Waals surface area contributed by atoms with Gasteiger partial charge in [-0.3, -0.25) is 0 Å². The summed E-state index contributed by atoms with van der Waals surface area (Å²) in [5.74, 6) is 1.54. The Labute approximate surface area is 139 Å². The number of nitrogens with one attached hydrogen (secondary N) is 2. The van der Waals surface area contributed by atoms with Crippen LogP contribution in [0, 0.1) is 0 Å². The molecular weight excluding hydrogens is 286 g/mol. The normalized spacial score (nSPS) is 19.2. The Morgan fingerprint density at radius 1 is 1.04 bits per heavy atom. The lowest BCUT2D eigenvalue weighted by Crippen LogP contribution is -2.24. The first-order valence-electron chi connectivity index (χ1n) is 9.12. The van der Waals surface area contributed by atoms with Crippen molar-refractivity contribution in [3.63, 3.8) is 0 Å². The van der Waals surface area contributed by atoms with Crippen LogP contribution in [0.5, 0.6) is 0 Å². The first kappa shape index (κ1) is 16.1. The van der Waals surface area contributed by atoms with E-state index in [2.05, 4.69) is 26.7 Å². The number of nitrogen functional groups attached to an aromatic ring is 1.